The highest BCUT2D eigenvalue weighted by Gasteiger charge is 2.17. The van der Waals surface area contributed by atoms with Crippen molar-refractivity contribution in [3.8, 4) is 0 Å². The van der Waals surface area contributed by atoms with Crippen LogP contribution in [0.3, 0.4) is 0 Å². The lowest BCUT2D eigenvalue weighted by Crippen LogP contribution is -2.14. The molecule has 0 unspecified atom stereocenters. The zero-order chi connectivity index (χ0) is 40.3. The van der Waals surface area contributed by atoms with Crippen LogP contribution >= 0.6 is 7.92 Å². The van der Waals surface area contributed by atoms with Crippen molar-refractivity contribution in [1.82, 2.24) is 4.90 Å². The van der Waals surface area contributed by atoms with E-state index in [4.69, 9.17) is 9.47 Å². The van der Waals surface area contributed by atoms with Crippen molar-refractivity contribution < 1.29 is 23.9 Å². The molecule has 0 fully saturated rings. The molecule has 0 saturated heterocycles. The second kappa shape index (κ2) is 43.6. The molecule has 0 saturated carbocycles. The fourth-order valence-corrected chi connectivity index (χ4v) is 9.27. The van der Waals surface area contributed by atoms with Gasteiger partial charge in [-0.05, 0) is 98.7 Å². The number of esters is 2. The first-order chi connectivity index (χ1) is 26.9. The van der Waals surface area contributed by atoms with Gasteiger partial charge in [0.1, 0.15) is 13.2 Å². The van der Waals surface area contributed by atoms with Crippen LogP contribution in [0, 0.1) is 0 Å². The summed E-state index contributed by atoms with van der Waals surface area (Å²) >= 11 is 0. The topological polar surface area (TPSA) is 72.9 Å². The molecule has 0 aliphatic heterocycles. The minimum Gasteiger partial charge on any atom is -0.461 e. The molecule has 0 aromatic heterocycles. The minimum absolute atomic E-state index is 0.0873. The lowest BCUT2D eigenvalue weighted by atomic mass is 10.1. The van der Waals surface area contributed by atoms with E-state index in [1.165, 1.54) is 103 Å². The number of carbonyl (C=O) groups excluding carboxylic acids is 3. The summed E-state index contributed by atoms with van der Waals surface area (Å²) in [4.78, 5) is 39.6. The van der Waals surface area contributed by atoms with E-state index in [2.05, 4.69) is 45.0 Å². The van der Waals surface area contributed by atoms with Gasteiger partial charge in [0.2, 0.25) is 0 Å². The van der Waals surface area contributed by atoms with E-state index in [1.807, 2.05) is 12.2 Å². The van der Waals surface area contributed by atoms with Crippen molar-refractivity contribution in [2.45, 2.75) is 219 Å². The fraction of sp³-hybridized carbons (Fsp3) is 0.854. The maximum atomic E-state index is 13.2. The maximum Gasteiger partial charge on any atom is 0.306 e. The van der Waals surface area contributed by atoms with Crippen LogP contribution < -0.4 is 0 Å². The van der Waals surface area contributed by atoms with Gasteiger partial charge in [0.25, 0.3) is 0 Å². The van der Waals surface area contributed by atoms with E-state index in [-0.39, 0.29) is 11.9 Å². The van der Waals surface area contributed by atoms with Gasteiger partial charge in [0.15, 0.2) is 5.52 Å². The fourth-order valence-electron chi connectivity index (χ4n) is 6.86. The van der Waals surface area contributed by atoms with Gasteiger partial charge >= 0.3 is 11.9 Å². The van der Waals surface area contributed by atoms with Crippen LogP contribution in [0.1, 0.15) is 219 Å². The molecular formula is C48H90NO5P. The number of rotatable bonds is 43. The first-order valence-electron chi connectivity index (χ1n) is 23.4. The van der Waals surface area contributed by atoms with Gasteiger partial charge in [-0.3, -0.25) is 14.4 Å². The van der Waals surface area contributed by atoms with Gasteiger partial charge in [-0.15, -0.1) is 0 Å². The van der Waals surface area contributed by atoms with Gasteiger partial charge in [0, 0.05) is 19.3 Å². The summed E-state index contributed by atoms with van der Waals surface area (Å²) in [5.41, 5.74) is 0.501. The molecule has 6 nitrogen and oxygen atoms in total. The molecule has 0 aliphatic rings. The maximum absolute atomic E-state index is 13.2. The molecule has 0 atom stereocenters. The summed E-state index contributed by atoms with van der Waals surface area (Å²) in [6.07, 6.45) is 47.1. The molecule has 0 bridgehead atoms. The molecule has 0 N–H and O–H groups in total. The van der Waals surface area contributed by atoms with E-state index in [0.717, 1.165) is 102 Å². The number of ether oxygens (including phenoxy) is 2. The number of nitrogens with zero attached hydrogens (tertiary/aromatic N) is 1. The normalized spacial score (nSPS) is 11.8. The molecule has 0 aliphatic carbocycles. The Kier molecular flexibility index (Phi) is 42.4. The molecule has 0 rings (SSSR count). The summed E-state index contributed by atoms with van der Waals surface area (Å²) < 4.78 is 10.8. The van der Waals surface area contributed by atoms with Crippen molar-refractivity contribution in [2.24, 2.45) is 0 Å². The van der Waals surface area contributed by atoms with Crippen molar-refractivity contribution in [3.05, 3.63) is 24.3 Å². The van der Waals surface area contributed by atoms with E-state index < -0.39 is 7.92 Å². The van der Waals surface area contributed by atoms with E-state index in [9.17, 15) is 14.4 Å². The molecule has 322 valence electrons. The number of carbonyl (C=O) groups is 3. The molecule has 0 heterocycles. The third-order valence-corrected chi connectivity index (χ3v) is 13.1. The Bertz CT molecular complexity index is 860. The van der Waals surface area contributed by atoms with Gasteiger partial charge in [-0.1, -0.05) is 167 Å². The predicted molar refractivity (Wildman–Crippen MR) is 240 cm³/mol. The molecule has 0 aromatic carbocycles. The smallest absolute Gasteiger partial charge is 0.306 e. The van der Waals surface area contributed by atoms with E-state index >= 15 is 0 Å². The number of unbranched alkanes of at least 4 members (excludes halogenated alkanes) is 24. The first-order valence-corrected chi connectivity index (χ1v) is 25.2. The lowest BCUT2D eigenvalue weighted by Gasteiger charge is -2.17. The van der Waals surface area contributed by atoms with Crippen LogP contribution in [-0.4, -0.2) is 68.5 Å². The average Bonchev–Trinajstić information content (AvgIpc) is 3.16. The monoisotopic (exact) mass is 792 g/mol. The van der Waals surface area contributed by atoms with Gasteiger partial charge in [0.05, 0.1) is 0 Å². The SMILES string of the molecule is CCCCCCCCCC/C=C\COC(=O)CCCCCCCP(CCCCCCCC(=O)OC/C=C\CCCCCCCCCC)C(=O)CCCN(C)C. The van der Waals surface area contributed by atoms with E-state index in [0.29, 0.717) is 38.0 Å². The second-order valence-corrected chi connectivity index (χ2v) is 18.6. The average molecular weight is 792 g/mol. The Morgan fingerprint density at radius 2 is 0.800 bits per heavy atom. The van der Waals surface area contributed by atoms with Crippen LogP contribution in [0.15, 0.2) is 24.3 Å². The lowest BCUT2D eigenvalue weighted by molar-refractivity contribution is -0.143. The van der Waals surface area contributed by atoms with E-state index in [1.54, 1.807) is 0 Å². The highest BCUT2D eigenvalue weighted by molar-refractivity contribution is 7.74. The highest BCUT2D eigenvalue weighted by atomic mass is 31.1. The Balaban J connectivity index is 3.99. The van der Waals surface area contributed by atoms with Crippen molar-refractivity contribution in [2.75, 3.05) is 46.2 Å². The van der Waals surface area contributed by atoms with Gasteiger partial charge in [-0.2, -0.15) is 0 Å². The number of hydrogen-bond acceptors (Lipinski definition) is 6. The van der Waals surface area contributed by atoms with Crippen LogP contribution in [-0.2, 0) is 23.9 Å². The third kappa shape index (κ3) is 41.9. The largest absolute Gasteiger partial charge is 0.461 e. The number of hydrogen-bond donors (Lipinski definition) is 0. The zero-order valence-electron chi connectivity index (χ0n) is 36.9. The Morgan fingerprint density at radius 1 is 0.436 bits per heavy atom. The summed E-state index contributed by atoms with van der Waals surface area (Å²) in [7, 11) is 3.56. The summed E-state index contributed by atoms with van der Waals surface area (Å²) in [6, 6.07) is 0. The van der Waals surface area contributed by atoms with Crippen LogP contribution in [0.2, 0.25) is 0 Å². The summed E-state index contributed by atoms with van der Waals surface area (Å²) in [5, 5.41) is 0. The van der Waals surface area contributed by atoms with Gasteiger partial charge in [-0.25, -0.2) is 0 Å². The molecule has 0 radical (unpaired) electrons. The molecule has 55 heavy (non-hydrogen) atoms. The summed E-state index contributed by atoms with van der Waals surface area (Å²) in [5.74, 6) is -0.175. The molecule has 7 heteroatoms. The number of allylic oxidation sites excluding steroid dienone is 2. The van der Waals surface area contributed by atoms with Gasteiger partial charge < -0.3 is 14.4 Å². The third-order valence-electron chi connectivity index (χ3n) is 10.4. The molecule has 0 amide bonds. The quantitative estimate of drug-likeness (QED) is 0.0265. The highest BCUT2D eigenvalue weighted by Crippen LogP contribution is 2.40. The van der Waals surface area contributed by atoms with Crippen molar-refractivity contribution >= 4 is 25.4 Å². The van der Waals surface area contributed by atoms with Crippen LogP contribution in [0.4, 0.5) is 0 Å². The molecule has 0 spiro atoms. The Hall–Kier alpha value is -1.52. The minimum atomic E-state index is -0.578. The Labute approximate surface area is 342 Å². The van der Waals surface area contributed by atoms with Crippen molar-refractivity contribution in [1.29, 1.82) is 0 Å². The Morgan fingerprint density at radius 3 is 1.20 bits per heavy atom. The second-order valence-electron chi connectivity index (χ2n) is 16.2. The zero-order valence-corrected chi connectivity index (χ0v) is 37.8. The van der Waals surface area contributed by atoms with Crippen molar-refractivity contribution in [3.63, 3.8) is 0 Å². The molecular weight excluding hydrogens is 702 g/mol. The standard InChI is InChI=1S/C48H90NO5P/c1-5-7-9-11-13-15-17-19-21-27-33-42-53-46(50)38-31-25-23-29-35-44-55(48(52)40-37-41-49(3)4)45-36-30-24-26-32-39-47(51)54-43-34-28-22-20-18-16-14-12-10-8-6-2/h27-28,33-34H,5-26,29-32,35-45H2,1-4H3/b33-27-,34-28-. The van der Waals surface area contributed by atoms with Crippen LogP contribution in [0.25, 0.3) is 0 Å². The van der Waals surface area contributed by atoms with Crippen LogP contribution in [0.5, 0.6) is 0 Å². The summed E-state index contributed by atoms with van der Waals surface area (Å²) in [6.45, 7) is 6.28. The molecule has 0 aromatic rings. The first kappa shape index (κ1) is 53.5. The predicted octanol–water partition coefficient (Wildman–Crippen LogP) is 14.3.